The third-order valence-corrected chi connectivity index (χ3v) is 3.28. The summed E-state index contributed by atoms with van der Waals surface area (Å²) >= 11 is 5.96. The molecule has 0 N–H and O–H groups in total. The fourth-order valence-electron chi connectivity index (χ4n) is 1.91. The maximum Gasteiger partial charge on any atom is 0.145 e. The number of halogens is 1. The van der Waals surface area contributed by atoms with Gasteiger partial charge in [0.2, 0.25) is 0 Å². The maximum absolute atomic E-state index is 11.7. The maximum atomic E-state index is 11.7. The van der Waals surface area contributed by atoms with E-state index in [1.54, 1.807) is 32.2 Å². The summed E-state index contributed by atoms with van der Waals surface area (Å²) < 4.78 is 10.4. The predicted octanol–water partition coefficient (Wildman–Crippen LogP) is 2.21. The van der Waals surface area contributed by atoms with Crippen LogP contribution in [0.15, 0.2) is 18.2 Å². The highest BCUT2D eigenvalue weighted by molar-refractivity contribution is 6.30. The Bertz CT molecular complexity index is 424. The molecule has 4 heteroatoms. The lowest BCUT2D eigenvalue weighted by Crippen LogP contribution is -2.52. The molecule has 1 fully saturated rings. The van der Waals surface area contributed by atoms with Gasteiger partial charge in [0.1, 0.15) is 16.9 Å². The van der Waals surface area contributed by atoms with E-state index in [0.29, 0.717) is 24.0 Å². The Morgan fingerprint density at radius 3 is 2.62 bits per heavy atom. The second-order valence-electron chi connectivity index (χ2n) is 3.98. The molecule has 0 aliphatic carbocycles. The smallest absolute Gasteiger partial charge is 0.145 e. The Morgan fingerprint density at radius 1 is 1.50 bits per heavy atom. The van der Waals surface area contributed by atoms with Crippen molar-refractivity contribution in [3.8, 4) is 5.75 Å². The van der Waals surface area contributed by atoms with E-state index in [4.69, 9.17) is 21.1 Å². The zero-order valence-corrected chi connectivity index (χ0v) is 10.0. The molecule has 0 bridgehead atoms. The van der Waals surface area contributed by atoms with Crippen molar-refractivity contribution in [1.29, 1.82) is 0 Å². The number of hydrogen-bond donors (Lipinski definition) is 0. The molecule has 1 aromatic carbocycles. The van der Waals surface area contributed by atoms with Crippen LogP contribution in [0.3, 0.4) is 0 Å². The van der Waals surface area contributed by atoms with Gasteiger partial charge < -0.3 is 9.47 Å². The normalized spacial score (nSPS) is 17.7. The minimum Gasteiger partial charge on any atom is -0.496 e. The van der Waals surface area contributed by atoms with E-state index in [1.807, 2.05) is 0 Å². The van der Waals surface area contributed by atoms with Crippen molar-refractivity contribution >= 4 is 17.4 Å². The van der Waals surface area contributed by atoms with Crippen molar-refractivity contribution in [1.82, 2.24) is 0 Å². The van der Waals surface area contributed by atoms with Crippen LogP contribution in [0, 0.1) is 0 Å². The fraction of sp³-hybridized carbons (Fsp3) is 0.417. The van der Waals surface area contributed by atoms with Crippen molar-refractivity contribution < 1.29 is 14.3 Å². The highest BCUT2D eigenvalue weighted by Crippen LogP contribution is 2.39. The number of ether oxygens (including phenoxy) is 2. The monoisotopic (exact) mass is 240 g/mol. The molecule has 0 radical (unpaired) electrons. The number of hydrogen-bond acceptors (Lipinski definition) is 3. The van der Waals surface area contributed by atoms with E-state index in [1.165, 1.54) is 0 Å². The van der Waals surface area contributed by atoms with Crippen LogP contribution in [0.4, 0.5) is 0 Å². The molecule has 1 heterocycles. The van der Waals surface area contributed by atoms with Crippen molar-refractivity contribution in [2.24, 2.45) is 0 Å². The third-order valence-electron chi connectivity index (χ3n) is 3.05. The third kappa shape index (κ3) is 1.60. The van der Waals surface area contributed by atoms with E-state index in [2.05, 4.69) is 0 Å². The summed E-state index contributed by atoms with van der Waals surface area (Å²) in [5.41, 5.74) is 0.247. The number of Topliss-reactive ketones (excluding diaryl/α,β-unsaturated/α-hetero) is 1. The Labute approximate surface area is 99.3 Å². The number of carbonyl (C=O) groups is 1. The second kappa shape index (κ2) is 4.07. The van der Waals surface area contributed by atoms with Crippen LogP contribution in [0.2, 0.25) is 5.02 Å². The first-order valence-electron chi connectivity index (χ1n) is 5.03. The standard InChI is InChI=1S/C12H13ClO3/c1-8(14)12(6-16-7-12)10-5-9(13)3-4-11(10)15-2/h3-5H,6-7H2,1-2H3. The average Bonchev–Trinajstić information content (AvgIpc) is 2.15. The largest absolute Gasteiger partial charge is 0.496 e. The zero-order chi connectivity index (χ0) is 11.8. The fourth-order valence-corrected chi connectivity index (χ4v) is 2.08. The van der Waals surface area contributed by atoms with E-state index in [9.17, 15) is 4.79 Å². The summed E-state index contributed by atoms with van der Waals surface area (Å²) in [6, 6.07) is 5.31. The van der Waals surface area contributed by atoms with Crippen LogP contribution in [0.25, 0.3) is 0 Å². The van der Waals surface area contributed by atoms with Crippen LogP contribution in [-0.2, 0) is 14.9 Å². The first-order chi connectivity index (χ1) is 7.60. The Morgan fingerprint density at radius 2 is 2.19 bits per heavy atom. The molecule has 0 atom stereocenters. The number of carbonyl (C=O) groups excluding carboxylic acids is 1. The molecule has 2 rings (SSSR count). The zero-order valence-electron chi connectivity index (χ0n) is 9.25. The molecule has 1 aromatic rings. The summed E-state index contributed by atoms with van der Waals surface area (Å²) in [5, 5.41) is 0.600. The summed E-state index contributed by atoms with van der Waals surface area (Å²) in [6.07, 6.45) is 0. The number of ketones is 1. The van der Waals surface area contributed by atoms with E-state index < -0.39 is 5.41 Å². The van der Waals surface area contributed by atoms with Gasteiger partial charge in [0, 0.05) is 10.6 Å². The van der Waals surface area contributed by atoms with E-state index >= 15 is 0 Å². The van der Waals surface area contributed by atoms with Crippen LogP contribution < -0.4 is 4.74 Å². The van der Waals surface area contributed by atoms with Crippen molar-refractivity contribution in [3.63, 3.8) is 0 Å². The quantitative estimate of drug-likeness (QED) is 0.813. The first-order valence-corrected chi connectivity index (χ1v) is 5.41. The topological polar surface area (TPSA) is 35.5 Å². The summed E-state index contributed by atoms with van der Waals surface area (Å²) in [7, 11) is 1.58. The van der Waals surface area contributed by atoms with Crippen molar-refractivity contribution in [2.75, 3.05) is 20.3 Å². The Balaban J connectivity index is 2.52. The predicted molar refractivity (Wildman–Crippen MR) is 61.2 cm³/mol. The van der Waals surface area contributed by atoms with Gasteiger partial charge in [-0.1, -0.05) is 11.6 Å². The molecule has 0 aromatic heterocycles. The Hall–Kier alpha value is -1.06. The van der Waals surface area contributed by atoms with Gasteiger partial charge in [-0.25, -0.2) is 0 Å². The van der Waals surface area contributed by atoms with Gasteiger partial charge in [-0.15, -0.1) is 0 Å². The lowest BCUT2D eigenvalue weighted by Gasteiger charge is -2.40. The first kappa shape index (κ1) is 11.4. The van der Waals surface area contributed by atoms with Crippen LogP contribution in [0.1, 0.15) is 12.5 Å². The molecule has 16 heavy (non-hydrogen) atoms. The van der Waals surface area contributed by atoms with Crippen LogP contribution in [0.5, 0.6) is 5.75 Å². The van der Waals surface area contributed by atoms with E-state index in [-0.39, 0.29) is 5.78 Å². The summed E-state index contributed by atoms with van der Waals surface area (Å²) in [5.74, 6) is 0.766. The molecular formula is C12H13ClO3. The molecule has 1 saturated heterocycles. The van der Waals surface area contributed by atoms with Gasteiger partial charge in [0.15, 0.2) is 0 Å². The molecule has 0 saturated carbocycles. The number of methoxy groups -OCH3 is 1. The van der Waals surface area contributed by atoms with Gasteiger partial charge in [-0.3, -0.25) is 4.79 Å². The highest BCUT2D eigenvalue weighted by atomic mass is 35.5. The lowest BCUT2D eigenvalue weighted by molar-refractivity contribution is -0.140. The second-order valence-corrected chi connectivity index (χ2v) is 4.41. The minimum absolute atomic E-state index is 0.0827. The average molecular weight is 241 g/mol. The molecule has 0 unspecified atom stereocenters. The number of rotatable bonds is 3. The SMILES string of the molecule is COc1ccc(Cl)cc1C1(C(C)=O)COC1. The summed E-state index contributed by atoms with van der Waals surface area (Å²) in [4.78, 5) is 11.7. The molecule has 1 aliphatic heterocycles. The van der Waals surface area contributed by atoms with Gasteiger partial charge in [-0.05, 0) is 25.1 Å². The van der Waals surface area contributed by atoms with E-state index in [0.717, 1.165) is 5.56 Å². The Kier molecular flexibility index (Phi) is 2.91. The molecule has 0 amide bonds. The molecular weight excluding hydrogens is 228 g/mol. The van der Waals surface area contributed by atoms with Crippen molar-refractivity contribution in [3.05, 3.63) is 28.8 Å². The van der Waals surface area contributed by atoms with Gasteiger partial charge in [0.05, 0.1) is 20.3 Å². The minimum atomic E-state index is -0.573. The molecule has 86 valence electrons. The van der Waals surface area contributed by atoms with Crippen molar-refractivity contribution in [2.45, 2.75) is 12.3 Å². The van der Waals surface area contributed by atoms with Gasteiger partial charge in [-0.2, -0.15) is 0 Å². The van der Waals surface area contributed by atoms with Crippen LogP contribution >= 0.6 is 11.6 Å². The highest BCUT2D eigenvalue weighted by Gasteiger charge is 2.46. The molecule has 1 aliphatic rings. The summed E-state index contributed by atoms with van der Waals surface area (Å²) in [6.45, 7) is 2.38. The van der Waals surface area contributed by atoms with Gasteiger partial charge >= 0.3 is 0 Å². The van der Waals surface area contributed by atoms with Crippen LogP contribution in [-0.4, -0.2) is 26.1 Å². The number of benzene rings is 1. The lowest BCUT2D eigenvalue weighted by atomic mass is 9.75. The molecule has 0 spiro atoms. The van der Waals surface area contributed by atoms with Gasteiger partial charge in [0.25, 0.3) is 0 Å². The molecule has 3 nitrogen and oxygen atoms in total.